The first-order valence-electron chi connectivity index (χ1n) is 8.21. The number of para-hydroxylation sites is 1. The van der Waals surface area contributed by atoms with Gasteiger partial charge in [0.2, 0.25) is 5.28 Å². The highest BCUT2D eigenvalue weighted by molar-refractivity contribution is 6.37. The maximum absolute atomic E-state index is 11.9. The molecule has 4 rings (SSSR count). The van der Waals surface area contributed by atoms with Gasteiger partial charge in [-0.2, -0.15) is 5.10 Å². The van der Waals surface area contributed by atoms with Crippen LogP contribution in [0.2, 0.25) is 15.3 Å². The Balaban J connectivity index is 1.66. The lowest BCUT2D eigenvalue weighted by molar-refractivity contribution is 0.0996. The van der Waals surface area contributed by atoms with Crippen molar-refractivity contribution in [2.24, 2.45) is 5.73 Å². The van der Waals surface area contributed by atoms with Gasteiger partial charge in [-0.15, -0.1) is 5.10 Å². The van der Waals surface area contributed by atoms with Gasteiger partial charge in [0.05, 0.1) is 27.6 Å². The van der Waals surface area contributed by atoms with Crippen LogP contribution in [-0.2, 0) is 0 Å². The van der Waals surface area contributed by atoms with E-state index in [1.165, 1.54) is 11.0 Å². The second-order valence-electron chi connectivity index (χ2n) is 5.90. The lowest BCUT2D eigenvalue weighted by Crippen LogP contribution is -2.14. The lowest BCUT2D eigenvalue weighted by atomic mass is 10.2. The van der Waals surface area contributed by atoms with E-state index in [0.717, 1.165) is 5.69 Å². The fourth-order valence-corrected chi connectivity index (χ4v) is 3.39. The quantitative estimate of drug-likeness (QED) is 0.475. The number of primary amides is 1. The number of rotatable bonds is 5. The first kappa shape index (κ1) is 19.3. The zero-order chi connectivity index (χ0) is 20.5. The Morgan fingerprint density at radius 3 is 2.24 bits per heavy atom. The molecule has 2 heterocycles. The molecule has 0 radical (unpaired) electrons. The Labute approximate surface area is 179 Å². The molecule has 0 aliphatic heterocycles. The number of nitrogens with two attached hydrogens (primary N) is 1. The molecule has 0 spiro atoms. The van der Waals surface area contributed by atoms with E-state index in [0.29, 0.717) is 27.1 Å². The van der Waals surface area contributed by atoms with Crippen LogP contribution in [0.25, 0.3) is 11.4 Å². The third-order valence-corrected chi connectivity index (χ3v) is 4.77. The lowest BCUT2D eigenvalue weighted by Gasteiger charge is -2.07. The van der Waals surface area contributed by atoms with E-state index in [1.54, 1.807) is 41.2 Å². The number of nitrogens with one attached hydrogen (secondary N) is 1. The summed E-state index contributed by atoms with van der Waals surface area (Å²) < 4.78 is 2.96. The summed E-state index contributed by atoms with van der Waals surface area (Å²) in [5.74, 6) is -0.691. The Morgan fingerprint density at radius 1 is 0.966 bits per heavy atom. The van der Waals surface area contributed by atoms with E-state index >= 15 is 0 Å². The van der Waals surface area contributed by atoms with Crippen molar-refractivity contribution >= 4 is 52.1 Å². The Hall–Kier alpha value is -3.07. The van der Waals surface area contributed by atoms with Crippen LogP contribution in [0.5, 0.6) is 0 Å². The molecule has 0 fully saturated rings. The van der Waals surface area contributed by atoms with Gasteiger partial charge in [0.15, 0.2) is 5.69 Å². The summed E-state index contributed by atoms with van der Waals surface area (Å²) in [6.45, 7) is 0. The van der Waals surface area contributed by atoms with E-state index < -0.39 is 5.91 Å². The van der Waals surface area contributed by atoms with Gasteiger partial charge in [-0.05, 0) is 48.0 Å². The molecule has 8 nitrogen and oxygen atoms in total. The summed E-state index contributed by atoms with van der Waals surface area (Å²) in [7, 11) is 0. The van der Waals surface area contributed by atoms with Crippen LogP contribution in [0.3, 0.4) is 0 Å². The van der Waals surface area contributed by atoms with Gasteiger partial charge in [0.1, 0.15) is 12.0 Å². The standard InChI is InChI=1S/C18H12Cl3N7O/c19-12-2-1-3-13(20)16(12)27-8-14(15(25-27)17(22)29)24-10-4-6-11(7-5-10)28-9-23-18(21)26-28/h1-9,24H,(H2,22,29). The number of amides is 1. The maximum atomic E-state index is 11.9. The zero-order valence-corrected chi connectivity index (χ0v) is 16.8. The van der Waals surface area contributed by atoms with Crippen molar-refractivity contribution in [2.75, 3.05) is 5.32 Å². The van der Waals surface area contributed by atoms with Crippen molar-refractivity contribution in [3.8, 4) is 11.4 Å². The summed E-state index contributed by atoms with van der Waals surface area (Å²) in [6.07, 6.45) is 3.10. The summed E-state index contributed by atoms with van der Waals surface area (Å²) in [5, 5.41) is 12.3. The molecule has 2 aromatic carbocycles. The van der Waals surface area contributed by atoms with Gasteiger partial charge in [0.25, 0.3) is 5.91 Å². The van der Waals surface area contributed by atoms with Crippen molar-refractivity contribution in [2.45, 2.75) is 0 Å². The molecule has 29 heavy (non-hydrogen) atoms. The van der Waals surface area contributed by atoms with Gasteiger partial charge in [-0.1, -0.05) is 29.3 Å². The first-order chi connectivity index (χ1) is 13.9. The number of carbonyl (C=O) groups is 1. The topological polar surface area (TPSA) is 104 Å². The molecule has 0 aliphatic carbocycles. The summed E-state index contributed by atoms with van der Waals surface area (Å²) in [6, 6.07) is 12.3. The molecule has 0 aliphatic rings. The molecule has 146 valence electrons. The predicted molar refractivity (Wildman–Crippen MR) is 112 cm³/mol. The minimum Gasteiger partial charge on any atom is -0.364 e. The third kappa shape index (κ3) is 3.91. The molecule has 4 aromatic rings. The van der Waals surface area contributed by atoms with Crippen molar-refractivity contribution in [3.63, 3.8) is 0 Å². The SMILES string of the molecule is NC(=O)c1nn(-c2c(Cl)cccc2Cl)cc1Nc1ccc(-n2cnc(Cl)n2)cc1. The van der Waals surface area contributed by atoms with Gasteiger partial charge in [-0.3, -0.25) is 4.79 Å². The molecular formula is C18H12Cl3N7O. The monoisotopic (exact) mass is 447 g/mol. The molecular weight excluding hydrogens is 437 g/mol. The summed E-state index contributed by atoms with van der Waals surface area (Å²) in [5.41, 5.74) is 7.86. The number of hydrogen-bond donors (Lipinski definition) is 2. The highest BCUT2D eigenvalue weighted by Crippen LogP contribution is 2.30. The summed E-state index contributed by atoms with van der Waals surface area (Å²) >= 11 is 18.2. The number of carbonyl (C=O) groups excluding carboxylic acids is 1. The van der Waals surface area contributed by atoms with Crippen molar-refractivity contribution in [1.82, 2.24) is 24.5 Å². The van der Waals surface area contributed by atoms with Crippen molar-refractivity contribution in [1.29, 1.82) is 0 Å². The van der Waals surface area contributed by atoms with E-state index in [4.69, 9.17) is 40.5 Å². The number of hydrogen-bond acceptors (Lipinski definition) is 5. The molecule has 2 aromatic heterocycles. The van der Waals surface area contributed by atoms with Crippen LogP contribution >= 0.6 is 34.8 Å². The number of aromatic nitrogens is 5. The number of anilines is 2. The zero-order valence-electron chi connectivity index (χ0n) is 14.6. The van der Waals surface area contributed by atoms with Gasteiger partial charge < -0.3 is 11.1 Å². The second-order valence-corrected chi connectivity index (χ2v) is 7.05. The Bertz CT molecular complexity index is 1180. The predicted octanol–water partition coefficient (Wildman–Crippen LogP) is 4.26. The molecule has 0 saturated carbocycles. The van der Waals surface area contributed by atoms with Crippen molar-refractivity contribution in [3.05, 3.63) is 76.0 Å². The fourth-order valence-electron chi connectivity index (χ4n) is 2.69. The van der Waals surface area contributed by atoms with E-state index in [-0.39, 0.29) is 11.0 Å². The van der Waals surface area contributed by atoms with Crippen molar-refractivity contribution < 1.29 is 4.79 Å². The maximum Gasteiger partial charge on any atom is 0.271 e. The smallest absolute Gasteiger partial charge is 0.271 e. The van der Waals surface area contributed by atoms with Crippen LogP contribution in [0.4, 0.5) is 11.4 Å². The minimum atomic E-state index is -0.691. The van der Waals surface area contributed by atoms with Crippen LogP contribution in [0.1, 0.15) is 10.5 Å². The highest BCUT2D eigenvalue weighted by Gasteiger charge is 2.18. The number of benzene rings is 2. The summed E-state index contributed by atoms with van der Waals surface area (Å²) in [4.78, 5) is 15.8. The van der Waals surface area contributed by atoms with Gasteiger partial charge in [0, 0.05) is 5.69 Å². The number of halogens is 3. The van der Waals surface area contributed by atoms with Crippen LogP contribution < -0.4 is 11.1 Å². The molecule has 0 atom stereocenters. The third-order valence-electron chi connectivity index (χ3n) is 3.99. The molecule has 11 heteroatoms. The van der Waals surface area contributed by atoms with E-state index in [9.17, 15) is 4.79 Å². The Morgan fingerprint density at radius 2 is 1.66 bits per heavy atom. The average molecular weight is 449 g/mol. The minimum absolute atomic E-state index is 0.0492. The molecule has 0 bridgehead atoms. The van der Waals surface area contributed by atoms with E-state index in [1.807, 2.05) is 12.1 Å². The van der Waals surface area contributed by atoms with Crippen LogP contribution in [0.15, 0.2) is 55.0 Å². The van der Waals surface area contributed by atoms with E-state index in [2.05, 4.69) is 20.5 Å². The Kier molecular flexibility index (Phi) is 5.14. The fraction of sp³-hybridized carbons (Fsp3) is 0. The molecule has 3 N–H and O–H groups in total. The first-order valence-corrected chi connectivity index (χ1v) is 9.34. The highest BCUT2D eigenvalue weighted by atomic mass is 35.5. The largest absolute Gasteiger partial charge is 0.364 e. The van der Waals surface area contributed by atoms with Crippen LogP contribution in [0, 0.1) is 0 Å². The molecule has 0 saturated heterocycles. The molecule has 0 unspecified atom stereocenters. The molecule has 1 amide bonds. The van der Waals surface area contributed by atoms with Gasteiger partial charge in [-0.25, -0.2) is 14.3 Å². The average Bonchev–Trinajstić information content (AvgIpc) is 3.29. The van der Waals surface area contributed by atoms with Gasteiger partial charge >= 0.3 is 0 Å². The second kappa shape index (κ2) is 7.75. The van der Waals surface area contributed by atoms with Crippen LogP contribution in [-0.4, -0.2) is 30.5 Å². The normalized spacial score (nSPS) is 10.9. The number of nitrogens with zero attached hydrogens (tertiary/aromatic N) is 5.